The second-order valence-corrected chi connectivity index (χ2v) is 10.1. The third-order valence-corrected chi connectivity index (χ3v) is 7.82. The second-order valence-electron chi connectivity index (χ2n) is 10.1. The number of ether oxygens (including phenoxy) is 2. The SMILES string of the molecule is COc1ccc2c(=O)[nH]c(C3CCN(C(=O)C4(c5cc(C)cc(C)c5)CCOCC4)CC3)cc2c1. The summed E-state index contributed by atoms with van der Waals surface area (Å²) in [5.41, 5.74) is 3.85. The summed E-state index contributed by atoms with van der Waals surface area (Å²) in [6, 6.07) is 14.1. The maximum Gasteiger partial charge on any atom is 0.256 e. The summed E-state index contributed by atoms with van der Waals surface area (Å²) in [5.74, 6) is 1.18. The number of methoxy groups -OCH3 is 1. The summed E-state index contributed by atoms with van der Waals surface area (Å²) in [6.07, 6.45) is 3.09. The summed E-state index contributed by atoms with van der Waals surface area (Å²) < 4.78 is 11.0. The second kappa shape index (κ2) is 9.50. The molecule has 184 valence electrons. The third kappa shape index (κ3) is 4.47. The molecule has 0 unspecified atom stereocenters. The van der Waals surface area contributed by atoms with E-state index in [2.05, 4.69) is 43.1 Å². The van der Waals surface area contributed by atoms with E-state index in [1.807, 2.05) is 17.0 Å². The molecule has 2 aliphatic rings. The Bertz CT molecular complexity index is 1280. The lowest BCUT2D eigenvalue weighted by molar-refractivity contribution is -0.142. The Balaban J connectivity index is 1.37. The van der Waals surface area contributed by atoms with Crippen molar-refractivity contribution in [2.24, 2.45) is 0 Å². The van der Waals surface area contributed by atoms with Crippen molar-refractivity contribution in [3.8, 4) is 5.75 Å². The van der Waals surface area contributed by atoms with Gasteiger partial charge in [-0.2, -0.15) is 0 Å². The zero-order valence-corrected chi connectivity index (χ0v) is 20.9. The maximum atomic E-state index is 14.0. The minimum absolute atomic E-state index is 0.0744. The van der Waals surface area contributed by atoms with Crippen molar-refractivity contribution in [3.63, 3.8) is 0 Å². The quantitative estimate of drug-likeness (QED) is 0.600. The summed E-state index contributed by atoms with van der Waals surface area (Å²) in [7, 11) is 1.63. The highest BCUT2D eigenvalue weighted by molar-refractivity contribution is 5.89. The van der Waals surface area contributed by atoms with Crippen LogP contribution in [0.3, 0.4) is 0 Å². The summed E-state index contributed by atoms with van der Waals surface area (Å²) in [5, 5.41) is 1.55. The highest BCUT2D eigenvalue weighted by atomic mass is 16.5. The van der Waals surface area contributed by atoms with Crippen LogP contribution in [0.1, 0.15) is 54.0 Å². The van der Waals surface area contributed by atoms with Gasteiger partial charge in [0.1, 0.15) is 5.75 Å². The minimum atomic E-state index is -0.518. The molecule has 2 fully saturated rings. The molecule has 0 atom stereocenters. The number of H-pyrrole nitrogens is 1. The van der Waals surface area contributed by atoms with Crippen LogP contribution >= 0.6 is 0 Å². The molecule has 0 radical (unpaired) electrons. The zero-order chi connectivity index (χ0) is 24.6. The Kier molecular flexibility index (Phi) is 6.41. The molecule has 1 N–H and O–H groups in total. The first-order chi connectivity index (χ1) is 16.9. The van der Waals surface area contributed by atoms with Crippen LogP contribution in [0, 0.1) is 13.8 Å². The van der Waals surface area contributed by atoms with E-state index >= 15 is 0 Å². The minimum Gasteiger partial charge on any atom is -0.497 e. The monoisotopic (exact) mass is 474 g/mol. The number of nitrogens with zero attached hydrogens (tertiary/aromatic N) is 1. The van der Waals surface area contributed by atoms with Gasteiger partial charge in [0.15, 0.2) is 0 Å². The molecule has 2 aromatic carbocycles. The van der Waals surface area contributed by atoms with Gasteiger partial charge in [0.2, 0.25) is 5.91 Å². The zero-order valence-electron chi connectivity index (χ0n) is 20.9. The number of piperidine rings is 1. The molecule has 2 saturated heterocycles. The summed E-state index contributed by atoms with van der Waals surface area (Å²) >= 11 is 0. The molecule has 0 saturated carbocycles. The van der Waals surface area contributed by atoms with E-state index in [1.54, 1.807) is 13.2 Å². The first kappa shape index (κ1) is 23.6. The molecule has 6 heteroatoms. The Morgan fingerprint density at radius 1 is 1.03 bits per heavy atom. The Hall–Kier alpha value is -3.12. The average Bonchev–Trinajstić information content (AvgIpc) is 2.87. The fourth-order valence-corrected chi connectivity index (χ4v) is 5.91. The van der Waals surface area contributed by atoms with Crippen LogP contribution in [-0.4, -0.2) is 49.2 Å². The van der Waals surface area contributed by atoms with Gasteiger partial charge in [0.25, 0.3) is 5.56 Å². The molecule has 6 nitrogen and oxygen atoms in total. The van der Waals surface area contributed by atoms with Crippen LogP contribution in [0.5, 0.6) is 5.75 Å². The van der Waals surface area contributed by atoms with Gasteiger partial charge in [0.05, 0.1) is 12.5 Å². The van der Waals surface area contributed by atoms with Crippen molar-refractivity contribution >= 4 is 16.7 Å². The predicted molar refractivity (Wildman–Crippen MR) is 137 cm³/mol. The highest BCUT2D eigenvalue weighted by Gasteiger charge is 2.45. The van der Waals surface area contributed by atoms with Gasteiger partial charge in [0, 0.05) is 43.3 Å². The van der Waals surface area contributed by atoms with Crippen molar-refractivity contribution < 1.29 is 14.3 Å². The molecule has 3 heterocycles. The maximum absolute atomic E-state index is 14.0. The molecule has 0 spiro atoms. The lowest BCUT2D eigenvalue weighted by atomic mass is 9.72. The largest absolute Gasteiger partial charge is 0.497 e. The van der Waals surface area contributed by atoms with E-state index in [0.29, 0.717) is 44.5 Å². The van der Waals surface area contributed by atoms with Gasteiger partial charge in [-0.3, -0.25) is 9.59 Å². The Labute approximate surface area is 206 Å². The van der Waals surface area contributed by atoms with E-state index in [4.69, 9.17) is 9.47 Å². The lowest BCUT2D eigenvalue weighted by Gasteiger charge is -2.42. The Morgan fingerprint density at radius 3 is 2.37 bits per heavy atom. The van der Waals surface area contributed by atoms with Crippen LogP contribution in [0.15, 0.2) is 47.3 Å². The molecule has 1 aromatic heterocycles. The number of carbonyl (C=O) groups excluding carboxylic acids is 1. The van der Waals surface area contributed by atoms with E-state index < -0.39 is 5.41 Å². The topological polar surface area (TPSA) is 71.6 Å². The highest BCUT2D eigenvalue weighted by Crippen LogP contribution is 2.39. The summed E-state index contributed by atoms with van der Waals surface area (Å²) in [6.45, 7) is 6.79. The van der Waals surface area contributed by atoms with E-state index in [9.17, 15) is 9.59 Å². The average molecular weight is 475 g/mol. The predicted octanol–water partition coefficient (Wildman–Crippen LogP) is 4.61. The van der Waals surface area contributed by atoms with E-state index in [-0.39, 0.29) is 17.4 Å². The van der Waals surface area contributed by atoms with Crippen LogP contribution < -0.4 is 10.3 Å². The number of hydrogen-bond donors (Lipinski definition) is 1. The first-order valence-electron chi connectivity index (χ1n) is 12.6. The molecular weight excluding hydrogens is 440 g/mol. The number of pyridine rings is 1. The molecular formula is C29H34N2O4. The molecule has 2 aliphatic heterocycles. The first-order valence-corrected chi connectivity index (χ1v) is 12.6. The van der Waals surface area contributed by atoms with E-state index in [1.165, 1.54) is 11.1 Å². The molecule has 35 heavy (non-hydrogen) atoms. The number of nitrogens with one attached hydrogen (secondary N) is 1. The van der Waals surface area contributed by atoms with Crippen LogP contribution in [-0.2, 0) is 14.9 Å². The van der Waals surface area contributed by atoms with E-state index in [0.717, 1.165) is 35.2 Å². The fraction of sp³-hybridized carbons (Fsp3) is 0.448. The van der Waals surface area contributed by atoms with Crippen molar-refractivity contribution in [2.45, 2.75) is 50.9 Å². The number of carbonyl (C=O) groups is 1. The number of likely N-dealkylation sites (tertiary alicyclic amines) is 1. The summed E-state index contributed by atoms with van der Waals surface area (Å²) in [4.78, 5) is 31.9. The number of aromatic amines is 1. The number of aryl methyl sites for hydroxylation is 2. The third-order valence-electron chi connectivity index (χ3n) is 7.82. The molecule has 0 aliphatic carbocycles. The van der Waals surface area contributed by atoms with Gasteiger partial charge in [-0.1, -0.05) is 29.3 Å². The van der Waals surface area contributed by atoms with Gasteiger partial charge in [-0.15, -0.1) is 0 Å². The van der Waals surface area contributed by atoms with Crippen LogP contribution in [0.4, 0.5) is 0 Å². The fourth-order valence-electron chi connectivity index (χ4n) is 5.91. The van der Waals surface area contributed by atoms with Gasteiger partial charge >= 0.3 is 0 Å². The van der Waals surface area contributed by atoms with Gasteiger partial charge in [-0.05, 0) is 74.7 Å². The van der Waals surface area contributed by atoms with Crippen molar-refractivity contribution in [1.29, 1.82) is 0 Å². The number of hydrogen-bond acceptors (Lipinski definition) is 4. The molecule has 0 bridgehead atoms. The van der Waals surface area contributed by atoms with Gasteiger partial charge in [-0.25, -0.2) is 0 Å². The van der Waals surface area contributed by atoms with Crippen LogP contribution in [0.25, 0.3) is 10.8 Å². The normalized spacial score (nSPS) is 18.5. The smallest absolute Gasteiger partial charge is 0.256 e. The lowest BCUT2D eigenvalue weighted by Crippen LogP contribution is -2.52. The number of aromatic nitrogens is 1. The number of amides is 1. The number of benzene rings is 2. The standard InChI is InChI=1S/C29H34N2O4/c1-19-14-20(2)16-23(15-19)29(8-12-35-13-9-29)28(33)31-10-6-21(7-11-31)26-18-22-17-24(34-3)4-5-25(22)27(32)30-26/h4-5,14-18,21H,6-13H2,1-3H3,(H,30,32). The van der Waals surface area contributed by atoms with Crippen molar-refractivity contribution in [2.75, 3.05) is 33.4 Å². The molecule has 1 amide bonds. The van der Waals surface area contributed by atoms with Crippen LogP contribution in [0.2, 0.25) is 0 Å². The van der Waals surface area contributed by atoms with Gasteiger partial charge < -0.3 is 19.4 Å². The Morgan fingerprint density at radius 2 is 1.71 bits per heavy atom. The number of fused-ring (bicyclic) bond motifs is 1. The number of rotatable bonds is 4. The van der Waals surface area contributed by atoms with Crippen molar-refractivity contribution in [1.82, 2.24) is 9.88 Å². The molecule has 5 rings (SSSR count). The van der Waals surface area contributed by atoms with Crippen molar-refractivity contribution in [3.05, 3.63) is 75.2 Å². The molecule has 3 aromatic rings.